The molecule has 0 aromatic rings. The molecule has 0 heterocycles. The van der Waals surface area contributed by atoms with E-state index in [2.05, 4.69) is 0 Å². The number of hydrogen-bond donors (Lipinski definition) is 0. The summed E-state index contributed by atoms with van der Waals surface area (Å²) in [6.45, 7) is 4.15. The predicted octanol–water partition coefficient (Wildman–Crippen LogP) is -0.304. The van der Waals surface area contributed by atoms with Gasteiger partial charge in [0.05, 0.1) is 0 Å². The van der Waals surface area contributed by atoms with E-state index in [1.54, 1.807) is 0 Å². The van der Waals surface area contributed by atoms with Crippen molar-refractivity contribution in [3.63, 3.8) is 0 Å². The Hall–Kier alpha value is 0.773. The first-order valence-corrected chi connectivity index (χ1v) is 3.81. The molecule has 0 saturated heterocycles. The molecule has 0 atom stereocenters. The van der Waals surface area contributed by atoms with Crippen molar-refractivity contribution in [1.29, 1.82) is 0 Å². The predicted molar refractivity (Wildman–Crippen MR) is 27.4 cm³/mol. The second-order valence-electron chi connectivity index (χ2n) is 2.67. The molecule has 0 aliphatic heterocycles. The van der Waals surface area contributed by atoms with E-state index in [0.29, 0.717) is 0 Å². The maximum absolute atomic E-state index is 10.1. The van der Waals surface area contributed by atoms with Crippen molar-refractivity contribution in [3.05, 3.63) is 0 Å². The first-order chi connectivity index (χ1) is 3.25. The average molecular weight is 201 g/mol. The first kappa shape index (κ1) is 12.4. The first-order valence-electron chi connectivity index (χ1n) is 2.27. The van der Waals surface area contributed by atoms with Gasteiger partial charge < -0.3 is 14.4 Å². The molecule has 0 aliphatic rings. The van der Waals surface area contributed by atoms with Gasteiger partial charge in [-0.2, -0.15) is 0 Å². The van der Waals surface area contributed by atoms with Crippen molar-refractivity contribution in [2.75, 3.05) is 0 Å². The van der Waals surface area contributed by atoms with E-state index in [4.69, 9.17) is 0 Å². The van der Waals surface area contributed by atoms with Crippen molar-refractivity contribution in [2.45, 2.75) is 25.9 Å². The molecule has 0 spiro atoms. The second-order valence-corrected chi connectivity index (χ2v) is 5.00. The Morgan fingerprint density at radius 2 is 1.33 bits per heavy atom. The number of hydrogen-bond acceptors (Lipinski definition) is 3. The topological polar surface area (TPSA) is 63.2 Å². The van der Waals surface area contributed by atoms with E-state index < -0.39 is 12.8 Å². The van der Waals surface area contributed by atoms with Gasteiger partial charge in [0.25, 0.3) is 0 Å². The smallest absolute Gasteiger partial charge is 0.810 e. The quantitative estimate of drug-likeness (QED) is 0.399. The zero-order valence-corrected chi connectivity index (χ0v) is 9.74. The van der Waals surface area contributed by atoms with Crippen LogP contribution in [0.25, 0.3) is 0 Å². The van der Waals surface area contributed by atoms with Gasteiger partial charge in [-0.15, -0.1) is 0 Å². The third-order valence-corrected chi connectivity index (χ3v) is 2.46. The Balaban J connectivity index is 0. The SMILES string of the molecule is CC(C)(C)P(=O)([O-])[O-].[Zn+2]. The van der Waals surface area contributed by atoms with Crippen molar-refractivity contribution < 1.29 is 33.8 Å². The molecule has 0 saturated carbocycles. The summed E-state index contributed by atoms with van der Waals surface area (Å²) in [5, 5.41) is -1.12. The van der Waals surface area contributed by atoms with E-state index >= 15 is 0 Å². The van der Waals surface area contributed by atoms with Crippen LogP contribution < -0.4 is 9.79 Å². The Bertz CT molecular complexity index is 122. The summed E-state index contributed by atoms with van der Waals surface area (Å²) in [5.41, 5.74) is 0. The van der Waals surface area contributed by atoms with E-state index in [9.17, 15) is 14.4 Å². The van der Waals surface area contributed by atoms with Crippen LogP contribution in [0.4, 0.5) is 0 Å². The standard InChI is InChI=1S/C4H11O3P.Zn/c1-4(2,3)8(5,6)7;/h1-3H3,(H2,5,6,7);/q;+2/p-2. The van der Waals surface area contributed by atoms with E-state index in [1.807, 2.05) is 0 Å². The summed E-state index contributed by atoms with van der Waals surface area (Å²) in [6.07, 6.45) is 0. The van der Waals surface area contributed by atoms with Crippen LogP contribution in [0, 0.1) is 0 Å². The van der Waals surface area contributed by atoms with Gasteiger partial charge in [-0.1, -0.05) is 28.4 Å². The van der Waals surface area contributed by atoms with Crippen molar-refractivity contribution in [3.8, 4) is 0 Å². The summed E-state index contributed by atoms with van der Waals surface area (Å²) < 4.78 is 10.1. The molecule has 0 aromatic heterocycles. The molecule has 9 heavy (non-hydrogen) atoms. The van der Waals surface area contributed by atoms with Gasteiger partial charge in [0.15, 0.2) is 0 Å². The van der Waals surface area contributed by atoms with Crippen LogP contribution in [-0.4, -0.2) is 5.16 Å². The van der Waals surface area contributed by atoms with Crippen LogP contribution in [0.3, 0.4) is 0 Å². The molecule has 0 unspecified atom stereocenters. The van der Waals surface area contributed by atoms with Crippen LogP contribution >= 0.6 is 7.60 Å². The van der Waals surface area contributed by atoms with Crippen LogP contribution in [0.1, 0.15) is 20.8 Å². The Morgan fingerprint density at radius 1 is 1.22 bits per heavy atom. The van der Waals surface area contributed by atoms with Crippen molar-refractivity contribution in [2.24, 2.45) is 0 Å². The second kappa shape index (κ2) is 3.25. The van der Waals surface area contributed by atoms with E-state index in [1.165, 1.54) is 20.8 Å². The van der Waals surface area contributed by atoms with Gasteiger partial charge in [-0.05, 0) is 5.16 Å². The maximum atomic E-state index is 10.1. The maximum Gasteiger partial charge on any atom is 2.00 e. The van der Waals surface area contributed by atoms with Gasteiger partial charge in [0.1, 0.15) is 0 Å². The molecule has 0 N–H and O–H groups in total. The average Bonchev–Trinajstić information content (AvgIpc) is 1.25. The minimum absolute atomic E-state index is 0. The van der Waals surface area contributed by atoms with Crippen LogP contribution in [0.2, 0.25) is 0 Å². The molecule has 0 amide bonds. The zero-order valence-electron chi connectivity index (χ0n) is 5.88. The monoisotopic (exact) mass is 200 g/mol. The van der Waals surface area contributed by atoms with Gasteiger partial charge in [0, 0.05) is 0 Å². The van der Waals surface area contributed by atoms with Gasteiger partial charge in [-0.25, -0.2) is 0 Å². The van der Waals surface area contributed by atoms with Crippen LogP contribution in [0.15, 0.2) is 0 Å². The molecular weight excluding hydrogens is 192 g/mol. The third kappa shape index (κ3) is 4.21. The molecule has 3 nitrogen and oxygen atoms in total. The van der Waals surface area contributed by atoms with Crippen LogP contribution in [-0.2, 0) is 24.0 Å². The summed E-state index contributed by atoms with van der Waals surface area (Å²) in [7, 11) is -4.35. The normalized spacial score (nSPS) is 12.6. The Kier molecular flexibility index (Phi) is 4.49. The van der Waals surface area contributed by atoms with Gasteiger partial charge in [0.2, 0.25) is 0 Å². The van der Waals surface area contributed by atoms with Crippen molar-refractivity contribution >= 4 is 7.60 Å². The van der Waals surface area contributed by atoms with Gasteiger partial charge in [-0.3, -0.25) is 0 Å². The summed E-state index contributed by atoms with van der Waals surface area (Å²) in [6, 6.07) is 0. The fourth-order valence-electron chi connectivity index (χ4n) is 0. The fourth-order valence-corrected chi connectivity index (χ4v) is 0. The molecule has 0 bridgehead atoms. The molecule has 50 valence electrons. The minimum Gasteiger partial charge on any atom is -0.810 e. The largest absolute Gasteiger partial charge is 2.00 e. The molecule has 0 radical (unpaired) electrons. The number of rotatable bonds is 0. The van der Waals surface area contributed by atoms with Gasteiger partial charge >= 0.3 is 19.5 Å². The summed E-state index contributed by atoms with van der Waals surface area (Å²) in [4.78, 5) is 20.2. The molecular formula is C4H9O3PZn. The van der Waals surface area contributed by atoms with Crippen molar-refractivity contribution in [1.82, 2.24) is 0 Å². The third-order valence-electron chi connectivity index (χ3n) is 0.822. The molecule has 0 fully saturated rings. The van der Waals surface area contributed by atoms with Crippen LogP contribution in [0.5, 0.6) is 0 Å². The molecule has 5 heteroatoms. The molecule has 0 aromatic carbocycles. The fraction of sp³-hybridized carbons (Fsp3) is 1.00. The minimum atomic E-state index is -4.35. The summed E-state index contributed by atoms with van der Waals surface area (Å²) in [5.74, 6) is 0. The Labute approximate surface area is 67.8 Å². The molecule has 0 aliphatic carbocycles. The zero-order chi connectivity index (χ0) is 7.00. The van der Waals surface area contributed by atoms with E-state index in [-0.39, 0.29) is 19.5 Å². The van der Waals surface area contributed by atoms with E-state index in [0.717, 1.165) is 0 Å². The molecule has 0 rings (SSSR count). The summed E-state index contributed by atoms with van der Waals surface area (Å²) >= 11 is 0. The Morgan fingerprint density at radius 3 is 1.33 bits per heavy atom.